The van der Waals surface area contributed by atoms with E-state index in [1.54, 1.807) is 32.9 Å². The zero-order valence-electron chi connectivity index (χ0n) is 24.0. The molecule has 2 atom stereocenters. The van der Waals surface area contributed by atoms with Crippen LogP contribution in [0.4, 0.5) is 10.5 Å². The second-order valence-corrected chi connectivity index (χ2v) is 11.1. The van der Waals surface area contributed by atoms with Crippen LogP contribution in [0.5, 0.6) is 0 Å². The number of para-hydroxylation sites is 1. The van der Waals surface area contributed by atoms with Crippen molar-refractivity contribution in [2.24, 2.45) is 5.73 Å². The number of benzene rings is 2. The number of amides is 4. The van der Waals surface area contributed by atoms with E-state index < -0.39 is 41.5 Å². The number of alkyl carbamates (subject to hydrolysis) is 1. The average Bonchev–Trinajstić information content (AvgIpc) is 2.84. The van der Waals surface area contributed by atoms with Crippen molar-refractivity contribution in [1.29, 1.82) is 0 Å². The Balaban J connectivity index is 2.61. The zero-order valence-corrected chi connectivity index (χ0v) is 24.7. The van der Waals surface area contributed by atoms with Crippen LogP contribution in [0.2, 0.25) is 5.02 Å². The average molecular weight is 571 g/mol. The molecule has 40 heavy (non-hydrogen) atoms. The zero-order chi connectivity index (χ0) is 30.2. The maximum Gasteiger partial charge on any atom is 0.408 e. The van der Waals surface area contributed by atoms with E-state index in [1.165, 1.54) is 11.0 Å². The Morgan fingerprint density at radius 2 is 1.77 bits per heavy atom. The summed E-state index contributed by atoms with van der Waals surface area (Å²) in [7, 11) is 0. The van der Waals surface area contributed by atoms with Crippen molar-refractivity contribution in [2.75, 3.05) is 11.9 Å². The smallest absolute Gasteiger partial charge is 0.408 e. The highest BCUT2D eigenvalue weighted by atomic mass is 35.5. The molecule has 0 bridgehead atoms. The molecule has 0 aliphatic heterocycles. The first-order chi connectivity index (χ1) is 18.6. The largest absolute Gasteiger partial charge is 0.444 e. The van der Waals surface area contributed by atoms with Crippen LogP contribution >= 0.6 is 11.6 Å². The van der Waals surface area contributed by atoms with Crippen molar-refractivity contribution < 1.29 is 23.9 Å². The van der Waals surface area contributed by atoms with E-state index in [9.17, 15) is 19.2 Å². The fraction of sp³-hybridized carbons (Fsp3) is 0.400. The Kier molecular flexibility index (Phi) is 11.3. The van der Waals surface area contributed by atoms with E-state index in [0.29, 0.717) is 16.3 Å². The van der Waals surface area contributed by atoms with E-state index in [0.717, 1.165) is 16.7 Å². The standard InChI is InChI=1S/C30H39ClN4O5/c1-8-16-35(28(38)23(14-15-24(32)36)33-29(39)40-30(5,6)7)26(21-17-18(2)12-13-19(21)3)27(37)34-25-20(4)10-9-11-22(25)31/h8-13,17,23,26H,1,14-16H2,2-7H3,(H2,32,36)(H,33,39)(H,34,37). The highest BCUT2D eigenvalue weighted by molar-refractivity contribution is 6.34. The maximum atomic E-state index is 14.1. The van der Waals surface area contributed by atoms with Crippen LogP contribution in [0.1, 0.15) is 61.9 Å². The van der Waals surface area contributed by atoms with Gasteiger partial charge < -0.3 is 26.0 Å². The first kappa shape index (κ1) is 32.4. The van der Waals surface area contributed by atoms with Crippen molar-refractivity contribution >= 4 is 41.1 Å². The van der Waals surface area contributed by atoms with Gasteiger partial charge in [0.15, 0.2) is 0 Å². The summed E-state index contributed by atoms with van der Waals surface area (Å²) in [5, 5.41) is 5.80. The minimum Gasteiger partial charge on any atom is -0.444 e. The number of nitrogens with one attached hydrogen (secondary N) is 2. The van der Waals surface area contributed by atoms with Crippen molar-refractivity contribution in [2.45, 2.75) is 72.1 Å². The number of halogens is 1. The first-order valence-corrected chi connectivity index (χ1v) is 13.3. The Morgan fingerprint density at radius 3 is 2.35 bits per heavy atom. The third-order valence-corrected chi connectivity index (χ3v) is 6.35. The molecular formula is C30H39ClN4O5. The van der Waals surface area contributed by atoms with Crippen molar-refractivity contribution in [3.63, 3.8) is 0 Å². The molecule has 0 aliphatic rings. The highest BCUT2D eigenvalue weighted by Crippen LogP contribution is 2.31. The lowest BCUT2D eigenvalue weighted by Gasteiger charge is -2.34. The van der Waals surface area contributed by atoms with Gasteiger partial charge in [-0.25, -0.2) is 4.79 Å². The van der Waals surface area contributed by atoms with E-state index in [4.69, 9.17) is 22.1 Å². The number of hydrogen-bond acceptors (Lipinski definition) is 5. The summed E-state index contributed by atoms with van der Waals surface area (Å²) in [6.07, 6.45) is 0.384. The van der Waals surface area contributed by atoms with Gasteiger partial charge in [0.05, 0.1) is 10.7 Å². The molecular weight excluding hydrogens is 532 g/mol. The fourth-order valence-corrected chi connectivity index (χ4v) is 4.41. The molecule has 216 valence electrons. The molecule has 10 heteroatoms. The van der Waals surface area contributed by atoms with Gasteiger partial charge in [-0.3, -0.25) is 14.4 Å². The molecule has 2 aromatic carbocycles. The molecule has 4 amide bonds. The molecule has 0 spiro atoms. The minimum atomic E-state index is -1.20. The van der Waals surface area contributed by atoms with Gasteiger partial charge >= 0.3 is 6.09 Å². The highest BCUT2D eigenvalue weighted by Gasteiger charge is 2.37. The van der Waals surface area contributed by atoms with Crippen molar-refractivity contribution in [1.82, 2.24) is 10.2 Å². The summed E-state index contributed by atoms with van der Waals surface area (Å²) in [5.74, 6) is -1.76. The van der Waals surface area contributed by atoms with E-state index in [-0.39, 0.29) is 19.4 Å². The number of anilines is 1. The molecule has 0 heterocycles. The summed E-state index contributed by atoms with van der Waals surface area (Å²) in [5.41, 5.74) is 7.95. The molecule has 0 aliphatic carbocycles. The van der Waals surface area contributed by atoms with E-state index in [1.807, 2.05) is 45.0 Å². The van der Waals surface area contributed by atoms with E-state index in [2.05, 4.69) is 17.2 Å². The normalized spacial score (nSPS) is 12.6. The third-order valence-electron chi connectivity index (χ3n) is 6.04. The number of rotatable bonds is 11. The van der Waals surface area contributed by atoms with Gasteiger partial charge in [-0.15, -0.1) is 6.58 Å². The molecule has 2 aromatic rings. The number of aryl methyl sites for hydroxylation is 3. The quantitative estimate of drug-likeness (QED) is 0.323. The van der Waals surface area contributed by atoms with Gasteiger partial charge in [0.2, 0.25) is 11.8 Å². The summed E-state index contributed by atoms with van der Waals surface area (Å²) in [6.45, 7) is 14.4. The molecule has 0 saturated carbocycles. The Hall–Kier alpha value is -3.85. The summed E-state index contributed by atoms with van der Waals surface area (Å²) >= 11 is 6.40. The molecule has 0 radical (unpaired) electrons. The molecule has 9 nitrogen and oxygen atoms in total. The predicted octanol–water partition coefficient (Wildman–Crippen LogP) is 5.12. The Morgan fingerprint density at radius 1 is 1.10 bits per heavy atom. The number of hydrogen-bond donors (Lipinski definition) is 3. The topological polar surface area (TPSA) is 131 Å². The molecule has 0 saturated heterocycles. The van der Waals surface area contributed by atoms with Gasteiger partial charge in [0, 0.05) is 13.0 Å². The number of ether oxygens (including phenoxy) is 1. The van der Waals surface area contributed by atoms with Crippen molar-refractivity contribution in [3.8, 4) is 0 Å². The van der Waals surface area contributed by atoms with Gasteiger partial charge in [-0.05, 0) is 70.7 Å². The summed E-state index contributed by atoms with van der Waals surface area (Å²) < 4.78 is 5.35. The van der Waals surface area contributed by atoms with Crippen LogP contribution in [0.15, 0.2) is 49.1 Å². The fourth-order valence-electron chi connectivity index (χ4n) is 4.14. The van der Waals surface area contributed by atoms with Crippen LogP contribution in [-0.2, 0) is 19.1 Å². The number of carbonyl (C=O) groups is 4. The van der Waals surface area contributed by atoms with Crippen LogP contribution in [0, 0.1) is 20.8 Å². The lowest BCUT2D eigenvalue weighted by molar-refractivity contribution is -0.140. The maximum absolute atomic E-state index is 14.1. The number of nitrogens with zero attached hydrogens (tertiary/aromatic N) is 1. The second-order valence-electron chi connectivity index (χ2n) is 10.7. The third kappa shape index (κ3) is 9.12. The van der Waals surface area contributed by atoms with Crippen LogP contribution < -0.4 is 16.4 Å². The lowest BCUT2D eigenvalue weighted by atomic mass is 9.95. The lowest BCUT2D eigenvalue weighted by Crippen LogP contribution is -2.52. The SMILES string of the molecule is C=CCN(C(=O)C(CCC(N)=O)NC(=O)OC(C)(C)C)C(C(=O)Nc1c(C)cccc1Cl)c1cc(C)ccc1C. The van der Waals surface area contributed by atoms with Crippen molar-refractivity contribution in [3.05, 3.63) is 76.3 Å². The Labute approximate surface area is 241 Å². The number of carbonyl (C=O) groups excluding carboxylic acids is 4. The summed E-state index contributed by atoms with van der Waals surface area (Å²) in [4.78, 5) is 53.7. The number of primary amides is 1. The van der Waals surface area contributed by atoms with Crippen LogP contribution in [0.25, 0.3) is 0 Å². The van der Waals surface area contributed by atoms with Gasteiger partial charge in [0.25, 0.3) is 5.91 Å². The number of nitrogens with two attached hydrogens (primary N) is 1. The van der Waals surface area contributed by atoms with Gasteiger partial charge in [-0.2, -0.15) is 0 Å². The van der Waals surface area contributed by atoms with Crippen LogP contribution in [-0.4, -0.2) is 46.9 Å². The Bertz CT molecular complexity index is 1250. The minimum absolute atomic E-state index is 0.0329. The van der Waals surface area contributed by atoms with Crippen LogP contribution in [0.3, 0.4) is 0 Å². The first-order valence-electron chi connectivity index (χ1n) is 13.0. The molecule has 2 rings (SSSR count). The van der Waals surface area contributed by atoms with Gasteiger partial charge in [-0.1, -0.05) is 53.6 Å². The van der Waals surface area contributed by atoms with E-state index >= 15 is 0 Å². The molecule has 0 fully saturated rings. The molecule has 4 N–H and O–H groups in total. The molecule has 2 unspecified atom stereocenters. The van der Waals surface area contributed by atoms with Gasteiger partial charge in [0.1, 0.15) is 17.7 Å². The summed E-state index contributed by atoms with van der Waals surface area (Å²) in [6, 6.07) is 8.52. The monoisotopic (exact) mass is 570 g/mol. The second kappa shape index (κ2) is 14.0. The molecule has 0 aromatic heterocycles. The predicted molar refractivity (Wildman–Crippen MR) is 157 cm³/mol.